The van der Waals surface area contributed by atoms with Gasteiger partial charge in [-0.05, 0) is 49.2 Å². The van der Waals surface area contributed by atoms with Crippen LogP contribution >= 0.6 is 11.6 Å². The summed E-state index contributed by atoms with van der Waals surface area (Å²) in [6.45, 7) is 4.32. The van der Waals surface area contributed by atoms with Crippen LogP contribution in [0.25, 0.3) is 0 Å². The lowest BCUT2D eigenvalue weighted by Gasteiger charge is -2.15. The number of para-hydroxylation sites is 1. The Balaban J connectivity index is 1.70. The number of benzene rings is 3. The van der Waals surface area contributed by atoms with Gasteiger partial charge in [-0.25, -0.2) is 10.2 Å². The summed E-state index contributed by atoms with van der Waals surface area (Å²) in [6.07, 6.45) is 1.46. The Bertz CT molecular complexity index is 1200. The second-order valence-electron chi connectivity index (χ2n) is 6.96. The molecular weight excluding hydrogens is 440 g/mol. The van der Waals surface area contributed by atoms with Crippen LogP contribution in [0.2, 0.25) is 5.02 Å². The van der Waals surface area contributed by atoms with E-state index >= 15 is 0 Å². The van der Waals surface area contributed by atoms with Crippen molar-refractivity contribution in [2.75, 3.05) is 11.9 Å². The standard InChI is InChI=1S/C25H23ClN4O3/c1-3-32-23-13-18(15-28-30-25(31)29-22-11-7-4-8-17(22)2)12-21(26)24(23)33-16-20-10-6-5-9-19(20)14-27/h4-13,15H,3,16H2,1-2H3,(H2,29,30,31). The average Bonchev–Trinajstić information content (AvgIpc) is 2.80. The molecule has 2 N–H and O–H groups in total. The quantitative estimate of drug-likeness (QED) is 0.334. The number of hydrazone groups is 1. The lowest BCUT2D eigenvalue weighted by atomic mass is 10.1. The normalized spacial score (nSPS) is 10.5. The maximum Gasteiger partial charge on any atom is 0.339 e. The number of urea groups is 1. The first-order valence-electron chi connectivity index (χ1n) is 10.2. The molecule has 7 nitrogen and oxygen atoms in total. The molecule has 2 amide bonds. The first-order chi connectivity index (χ1) is 16.0. The highest BCUT2D eigenvalue weighted by Crippen LogP contribution is 2.37. The molecule has 0 spiro atoms. The number of carbonyl (C=O) groups is 1. The van der Waals surface area contributed by atoms with Gasteiger partial charge in [0.1, 0.15) is 6.61 Å². The molecule has 0 unspecified atom stereocenters. The fourth-order valence-corrected chi connectivity index (χ4v) is 3.27. The number of carbonyl (C=O) groups excluding carboxylic acids is 1. The summed E-state index contributed by atoms with van der Waals surface area (Å²) in [6, 6.07) is 19.7. The molecule has 3 rings (SSSR count). The molecule has 0 aromatic heterocycles. The number of nitrogens with zero attached hydrogens (tertiary/aromatic N) is 2. The number of nitriles is 1. The minimum absolute atomic E-state index is 0.164. The summed E-state index contributed by atoms with van der Waals surface area (Å²) in [5.41, 5.74) is 5.96. The summed E-state index contributed by atoms with van der Waals surface area (Å²) >= 11 is 6.45. The van der Waals surface area contributed by atoms with E-state index in [1.165, 1.54) is 6.21 Å². The lowest BCUT2D eigenvalue weighted by molar-refractivity contribution is 0.252. The predicted octanol–water partition coefficient (Wildman–Crippen LogP) is 5.65. The first-order valence-corrected chi connectivity index (χ1v) is 10.6. The monoisotopic (exact) mass is 462 g/mol. The Morgan fingerprint density at radius 2 is 1.91 bits per heavy atom. The van der Waals surface area contributed by atoms with Crippen molar-refractivity contribution in [3.63, 3.8) is 0 Å². The van der Waals surface area contributed by atoms with Gasteiger partial charge in [0.05, 0.1) is 29.5 Å². The predicted molar refractivity (Wildman–Crippen MR) is 129 cm³/mol. The number of nitrogens with one attached hydrogen (secondary N) is 2. The number of ether oxygens (including phenoxy) is 2. The molecule has 0 radical (unpaired) electrons. The molecule has 168 valence electrons. The zero-order valence-corrected chi connectivity index (χ0v) is 19.0. The molecule has 3 aromatic rings. The first kappa shape index (κ1) is 23.6. The molecule has 0 aliphatic heterocycles. The zero-order chi connectivity index (χ0) is 23.6. The smallest absolute Gasteiger partial charge is 0.339 e. The third-order valence-electron chi connectivity index (χ3n) is 4.61. The molecule has 8 heteroatoms. The van der Waals surface area contributed by atoms with Gasteiger partial charge in [0.25, 0.3) is 0 Å². The van der Waals surface area contributed by atoms with E-state index in [9.17, 15) is 10.1 Å². The molecule has 0 saturated heterocycles. The Kier molecular flexibility index (Phi) is 8.28. The molecule has 0 fully saturated rings. The Morgan fingerprint density at radius 3 is 2.67 bits per heavy atom. The molecular formula is C25H23ClN4O3. The average molecular weight is 463 g/mol. The summed E-state index contributed by atoms with van der Waals surface area (Å²) in [5, 5.41) is 16.3. The van der Waals surface area contributed by atoms with E-state index in [1.54, 1.807) is 30.3 Å². The van der Waals surface area contributed by atoms with Gasteiger partial charge in [0.15, 0.2) is 11.5 Å². The van der Waals surface area contributed by atoms with Crippen LogP contribution in [0.1, 0.15) is 29.2 Å². The maximum absolute atomic E-state index is 12.1. The number of halogens is 1. The minimum atomic E-state index is -0.465. The molecule has 0 aliphatic rings. The minimum Gasteiger partial charge on any atom is -0.490 e. The molecule has 0 bridgehead atoms. The van der Waals surface area contributed by atoms with Gasteiger partial charge in [-0.3, -0.25) is 0 Å². The van der Waals surface area contributed by atoms with Crippen LogP contribution in [0, 0.1) is 18.3 Å². The number of hydrogen-bond donors (Lipinski definition) is 2. The highest BCUT2D eigenvalue weighted by Gasteiger charge is 2.13. The number of hydrogen-bond acceptors (Lipinski definition) is 5. The SMILES string of the molecule is CCOc1cc(C=NNC(=O)Nc2ccccc2C)cc(Cl)c1OCc1ccccc1C#N. The third kappa shape index (κ3) is 6.48. The number of aryl methyl sites for hydroxylation is 1. The molecule has 33 heavy (non-hydrogen) atoms. The van der Waals surface area contributed by atoms with Crippen molar-refractivity contribution >= 4 is 29.5 Å². The second-order valence-corrected chi connectivity index (χ2v) is 7.37. The van der Waals surface area contributed by atoms with Gasteiger partial charge < -0.3 is 14.8 Å². The van der Waals surface area contributed by atoms with Crippen LogP contribution in [0.4, 0.5) is 10.5 Å². The number of anilines is 1. The van der Waals surface area contributed by atoms with E-state index in [4.69, 9.17) is 21.1 Å². The van der Waals surface area contributed by atoms with E-state index < -0.39 is 6.03 Å². The van der Waals surface area contributed by atoms with Crippen LogP contribution < -0.4 is 20.2 Å². The van der Waals surface area contributed by atoms with Crippen molar-refractivity contribution in [3.8, 4) is 17.6 Å². The molecule has 3 aromatic carbocycles. The summed E-state index contributed by atoms with van der Waals surface area (Å²) in [7, 11) is 0. The lowest BCUT2D eigenvalue weighted by Crippen LogP contribution is -2.24. The van der Waals surface area contributed by atoms with E-state index in [0.29, 0.717) is 39.9 Å². The van der Waals surface area contributed by atoms with Gasteiger partial charge in [-0.2, -0.15) is 10.4 Å². The van der Waals surface area contributed by atoms with Crippen LogP contribution in [-0.4, -0.2) is 18.9 Å². The van der Waals surface area contributed by atoms with Crippen molar-refractivity contribution < 1.29 is 14.3 Å². The maximum atomic E-state index is 12.1. The van der Waals surface area contributed by atoms with Crippen LogP contribution in [-0.2, 0) is 6.61 Å². The molecule has 0 saturated carbocycles. The Hall–Kier alpha value is -4.02. The van der Waals surface area contributed by atoms with Crippen molar-refractivity contribution in [2.45, 2.75) is 20.5 Å². The van der Waals surface area contributed by atoms with Crippen molar-refractivity contribution in [1.82, 2.24) is 5.43 Å². The molecule has 0 atom stereocenters. The van der Waals surface area contributed by atoms with E-state index in [1.807, 2.05) is 44.2 Å². The van der Waals surface area contributed by atoms with Gasteiger partial charge in [-0.15, -0.1) is 0 Å². The highest BCUT2D eigenvalue weighted by atomic mass is 35.5. The van der Waals surface area contributed by atoms with E-state index in [2.05, 4.69) is 21.9 Å². The zero-order valence-electron chi connectivity index (χ0n) is 18.3. The molecule has 0 heterocycles. The van der Waals surface area contributed by atoms with Crippen LogP contribution in [0.15, 0.2) is 65.8 Å². The summed E-state index contributed by atoms with van der Waals surface area (Å²) in [4.78, 5) is 12.1. The highest BCUT2D eigenvalue weighted by molar-refractivity contribution is 6.32. The summed E-state index contributed by atoms with van der Waals surface area (Å²) < 4.78 is 11.6. The van der Waals surface area contributed by atoms with Crippen LogP contribution in [0.3, 0.4) is 0 Å². The largest absolute Gasteiger partial charge is 0.490 e. The van der Waals surface area contributed by atoms with Gasteiger partial charge in [0.2, 0.25) is 0 Å². The van der Waals surface area contributed by atoms with Gasteiger partial charge >= 0.3 is 6.03 Å². The topological polar surface area (TPSA) is 95.7 Å². The third-order valence-corrected chi connectivity index (χ3v) is 4.90. The molecule has 0 aliphatic carbocycles. The number of amides is 2. The fourth-order valence-electron chi connectivity index (χ4n) is 3.00. The van der Waals surface area contributed by atoms with Gasteiger partial charge in [0, 0.05) is 11.3 Å². The second kappa shape index (κ2) is 11.6. The van der Waals surface area contributed by atoms with Crippen molar-refractivity contribution in [3.05, 3.63) is 87.9 Å². The Morgan fingerprint density at radius 1 is 1.15 bits per heavy atom. The van der Waals surface area contributed by atoms with Crippen LogP contribution in [0.5, 0.6) is 11.5 Å². The van der Waals surface area contributed by atoms with Crippen molar-refractivity contribution in [1.29, 1.82) is 5.26 Å². The van der Waals surface area contributed by atoms with E-state index in [0.717, 1.165) is 11.1 Å². The number of rotatable bonds is 8. The van der Waals surface area contributed by atoms with Crippen molar-refractivity contribution in [2.24, 2.45) is 5.10 Å². The van der Waals surface area contributed by atoms with E-state index in [-0.39, 0.29) is 6.61 Å². The fraction of sp³-hybridized carbons (Fsp3) is 0.160. The summed E-state index contributed by atoms with van der Waals surface area (Å²) in [5.74, 6) is 0.805. The Labute approximate surface area is 197 Å². The van der Waals surface area contributed by atoms with Gasteiger partial charge in [-0.1, -0.05) is 48.0 Å².